The average molecular weight is 191 g/mol. The van der Waals surface area contributed by atoms with Crippen molar-refractivity contribution in [2.24, 2.45) is 5.41 Å². The van der Waals surface area contributed by atoms with Gasteiger partial charge in [0.25, 0.3) is 0 Å². The van der Waals surface area contributed by atoms with Gasteiger partial charge < -0.3 is 5.32 Å². The van der Waals surface area contributed by atoms with Crippen molar-refractivity contribution >= 4 is 11.5 Å². The van der Waals surface area contributed by atoms with Crippen molar-refractivity contribution in [1.29, 1.82) is 0 Å². The van der Waals surface area contributed by atoms with Crippen LogP contribution in [0.15, 0.2) is 30.3 Å². The van der Waals surface area contributed by atoms with Gasteiger partial charge in [-0.2, -0.15) is 0 Å². The normalized spacial score (nSPS) is 11.1. The van der Waals surface area contributed by atoms with Crippen molar-refractivity contribution in [2.45, 2.75) is 20.8 Å². The molecule has 0 saturated heterocycles. The quantitative estimate of drug-likeness (QED) is 0.796. The number of hydrogen-bond donors (Lipinski definition) is 1. The molecular weight excluding hydrogens is 174 g/mol. The lowest BCUT2D eigenvalue weighted by Gasteiger charge is -2.17. The fraction of sp³-hybridized carbons (Fsp3) is 0.417. The van der Waals surface area contributed by atoms with E-state index in [0.29, 0.717) is 6.54 Å². The molecule has 0 aliphatic rings. The van der Waals surface area contributed by atoms with Crippen molar-refractivity contribution < 1.29 is 4.79 Å². The number of benzene rings is 1. The number of carbonyl (C=O) groups excluding carboxylic acids is 1. The number of hydrogen-bond acceptors (Lipinski definition) is 2. The first kappa shape index (κ1) is 10.8. The zero-order valence-corrected chi connectivity index (χ0v) is 9.00. The number of para-hydroxylation sites is 1. The lowest BCUT2D eigenvalue weighted by atomic mass is 9.91. The van der Waals surface area contributed by atoms with Gasteiger partial charge in [0.15, 0.2) is 5.78 Å². The third-order valence-electron chi connectivity index (χ3n) is 2.06. The summed E-state index contributed by atoms with van der Waals surface area (Å²) < 4.78 is 0. The Morgan fingerprint density at radius 3 is 2.29 bits per heavy atom. The van der Waals surface area contributed by atoms with Gasteiger partial charge >= 0.3 is 0 Å². The average Bonchev–Trinajstić information content (AvgIpc) is 2.14. The Labute approximate surface area is 85.3 Å². The summed E-state index contributed by atoms with van der Waals surface area (Å²) in [5.74, 6) is 0.223. The standard InChI is InChI=1S/C12H17NO/c1-12(2,3)11(14)9-13-10-7-5-4-6-8-10/h4-8,13H,9H2,1-3H3. The molecule has 0 amide bonds. The molecule has 0 atom stereocenters. The van der Waals surface area contributed by atoms with Gasteiger partial charge in [0.2, 0.25) is 0 Å². The topological polar surface area (TPSA) is 29.1 Å². The molecule has 0 bridgehead atoms. The summed E-state index contributed by atoms with van der Waals surface area (Å²) in [5.41, 5.74) is 0.729. The highest BCUT2D eigenvalue weighted by molar-refractivity contribution is 5.87. The van der Waals surface area contributed by atoms with E-state index in [1.807, 2.05) is 51.1 Å². The van der Waals surface area contributed by atoms with Crippen molar-refractivity contribution in [2.75, 3.05) is 11.9 Å². The third-order valence-corrected chi connectivity index (χ3v) is 2.06. The highest BCUT2D eigenvalue weighted by Gasteiger charge is 2.20. The molecule has 0 radical (unpaired) electrons. The van der Waals surface area contributed by atoms with Gasteiger partial charge in [-0.1, -0.05) is 39.0 Å². The second-order valence-corrected chi connectivity index (χ2v) is 4.39. The highest BCUT2D eigenvalue weighted by atomic mass is 16.1. The highest BCUT2D eigenvalue weighted by Crippen LogP contribution is 2.15. The first-order valence-corrected chi connectivity index (χ1v) is 4.82. The fourth-order valence-electron chi connectivity index (χ4n) is 1.00. The van der Waals surface area contributed by atoms with E-state index in [9.17, 15) is 4.79 Å². The van der Waals surface area contributed by atoms with Crippen LogP contribution in [-0.2, 0) is 4.79 Å². The van der Waals surface area contributed by atoms with Crippen LogP contribution in [0.5, 0.6) is 0 Å². The SMILES string of the molecule is CC(C)(C)C(=O)CNc1ccccc1. The molecule has 0 aliphatic heterocycles. The lowest BCUT2D eigenvalue weighted by molar-refractivity contribution is -0.124. The molecule has 0 unspecified atom stereocenters. The van der Waals surface area contributed by atoms with Crippen molar-refractivity contribution in [3.05, 3.63) is 30.3 Å². The molecule has 0 aromatic heterocycles. The molecular formula is C12H17NO. The minimum atomic E-state index is -0.262. The molecule has 0 fully saturated rings. The van der Waals surface area contributed by atoms with Crippen LogP contribution in [-0.4, -0.2) is 12.3 Å². The first-order chi connectivity index (χ1) is 6.50. The maximum atomic E-state index is 11.6. The van der Waals surface area contributed by atoms with Gasteiger partial charge in [-0.3, -0.25) is 4.79 Å². The minimum Gasteiger partial charge on any atom is -0.378 e. The molecule has 76 valence electrons. The van der Waals surface area contributed by atoms with Crippen molar-refractivity contribution in [1.82, 2.24) is 0 Å². The molecule has 1 N–H and O–H groups in total. The number of nitrogens with one attached hydrogen (secondary N) is 1. The third kappa shape index (κ3) is 3.21. The van der Waals surface area contributed by atoms with Crippen molar-refractivity contribution in [3.8, 4) is 0 Å². The zero-order valence-electron chi connectivity index (χ0n) is 9.00. The summed E-state index contributed by atoms with van der Waals surface area (Å²) in [6.45, 7) is 6.19. The van der Waals surface area contributed by atoms with Gasteiger partial charge in [0.1, 0.15) is 0 Å². The monoisotopic (exact) mass is 191 g/mol. The predicted molar refractivity (Wildman–Crippen MR) is 59.4 cm³/mol. The second kappa shape index (κ2) is 4.27. The summed E-state index contributed by atoms with van der Waals surface area (Å²) in [6.07, 6.45) is 0. The summed E-state index contributed by atoms with van der Waals surface area (Å²) >= 11 is 0. The number of anilines is 1. The summed E-state index contributed by atoms with van der Waals surface area (Å²) in [7, 11) is 0. The van der Waals surface area contributed by atoms with Crippen LogP contribution in [0, 0.1) is 5.41 Å². The van der Waals surface area contributed by atoms with Crippen LogP contribution in [0.1, 0.15) is 20.8 Å². The molecule has 1 rings (SSSR count). The lowest BCUT2D eigenvalue weighted by Crippen LogP contribution is -2.27. The van der Waals surface area contributed by atoms with E-state index in [0.717, 1.165) is 5.69 Å². The Morgan fingerprint density at radius 2 is 1.79 bits per heavy atom. The number of Topliss-reactive ketones (excluding diaryl/α,β-unsaturated/α-hetero) is 1. The van der Waals surface area contributed by atoms with Gasteiger partial charge in [-0.15, -0.1) is 0 Å². The fourth-order valence-corrected chi connectivity index (χ4v) is 1.00. The molecule has 0 heterocycles. The predicted octanol–water partition coefficient (Wildman–Crippen LogP) is 2.71. The molecule has 0 aliphatic carbocycles. The summed E-state index contributed by atoms with van der Waals surface area (Å²) in [4.78, 5) is 11.6. The van der Waals surface area contributed by atoms with Crippen LogP contribution in [0.25, 0.3) is 0 Å². The Hall–Kier alpha value is -1.31. The van der Waals surface area contributed by atoms with Crippen molar-refractivity contribution in [3.63, 3.8) is 0 Å². The molecule has 1 aromatic rings. The Morgan fingerprint density at radius 1 is 1.21 bits per heavy atom. The Balaban J connectivity index is 2.46. The molecule has 2 nitrogen and oxygen atoms in total. The van der Waals surface area contributed by atoms with E-state index in [4.69, 9.17) is 0 Å². The Kier molecular flexibility index (Phi) is 3.28. The van der Waals surface area contributed by atoms with E-state index in [1.165, 1.54) is 0 Å². The van der Waals surface area contributed by atoms with Gasteiger partial charge in [-0.25, -0.2) is 0 Å². The molecule has 2 heteroatoms. The number of ketones is 1. The van der Waals surface area contributed by atoms with Gasteiger partial charge in [0.05, 0.1) is 6.54 Å². The minimum absolute atomic E-state index is 0.223. The molecule has 14 heavy (non-hydrogen) atoms. The number of carbonyl (C=O) groups is 1. The van der Waals surface area contributed by atoms with Crippen LogP contribution in [0.2, 0.25) is 0 Å². The first-order valence-electron chi connectivity index (χ1n) is 4.82. The Bertz CT molecular complexity index is 298. The largest absolute Gasteiger partial charge is 0.378 e. The maximum Gasteiger partial charge on any atom is 0.157 e. The van der Waals surface area contributed by atoms with Crippen LogP contribution >= 0.6 is 0 Å². The molecule has 0 saturated carbocycles. The van der Waals surface area contributed by atoms with Gasteiger partial charge in [-0.05, 0) is 12.1 Å². The summed E-state index contributed by atoms with van der Waals surface area (Å²) in [5, 5.41) is 3.10. The number of rotatable bonds is 3. The second-order valence-electron chi connectivity index (χ2n) is 4.39. The zero-order chi connectivity index (χ0) is 10.6. The molecule has 0 spiro atoms. The van der Waals surface area contributed by atoms with Crippen LogP contribution < -0.4 is 5.32 Å². The molecule has 1 aromatic carbocycles. The van der Waals surface area contributed by atoms with E-state index in [1.54, 1.807) is 0 Å². The van der Waals surface area contributed by atoms with Gasteiger partial charge in [0, 0.05) is 11.1 Å². The summed E-state index contributed by atoms with van der Waals surface area (Å²) in [6, 6.07) is 9.76. The maximum absolute atomic E-state index is 11.6. The van der Waals surface area contributed by atoms with E-state index >= 15 is 0 Å². The van der Waals surface area contributed by atoms with E-state index in [-0.39, 0.29) is 11.2 Å². The van der Waals surface area contributed by atoms with Crippen LogP contribution in [0.3, 0.4) is 0 Å². The van der Waals surface area contributed by atoms with E-state index in [2.05, 4.69) is 5.32 Å². The van der Waals surface area contributed by atoms with Crippen LogP contribution in [0.4, 0.5) is 5.69 Å². The van der Waals surface area contributed by atoms with E-state index < -0.39 is 0 Å². The smallest absolute Gasteiger partial charge is 0.157 e.